The highest BCUT2D eigenvalue weighted by atomic mass is 16.4. The molecule has 1 fully saturated rings. The van der Waals surface area contributed by atoms with E-state index in [0.717, 1.165) is 24.9 Å². The van der Waals surface area contributed by atoms with E-state index >= 15 is 0 Å². The minimum Gasteiger partial charge on any atom is -0.478 e. The topological polar surface area (TPSA) is 64.0 Å². The minimum absolute atomic E-state index is 0.347. The van der Waals surface area contributed by atoms with Crippen LogP contribution < -0.4 is 0 Å². The van der Waals surface area contributed by atoms with Crippen molar-refractivity contribution in [1.82, 2.24) is 9.80 Å². The largest absolute Gasteiger partial charge is 0.478 e. The van der Waals surface area contributed by atoms with E-state index in [1.807, 2.05) is 31.1 Å². The van der Waals surface area contributed by atoms with Crippen molar-refractivity contribution in [2.24, 2.45) is 0 Å². The lowest BCUT2D eigenvalue weighted by Crippen LogP contribution is -2.52. The zero-order valence-corrected chi connectivity index (χ0v) is 12.7. The molecule has 0 aromatic heterocycles. The molecule has 0 aliphatic carbocycles. The lowest BCUT2D eigenvalue weighted by Gasteiger charge is -2.40. The summed E-state index contributed by atoms with van der Waals surface area (Å²) in [7, 11) is 3.91. The second-order valence-corrected chi connectivity index (χ2v) is 6.24. The predicted molar refractivity (Wildman–Crippen MR) is 81.4 cm³/mol. The number of aliphatic hydroxyl groups is 1. The van der Waals surface area contributed by atoms with Gasteiger partial charge in [-0.1, -0.05) is 18.2 Å². The summed E-state index contributed by atoms with van der Waals surface area (Å²) in [4.78, 5) is 15.4. The molecule has 1 aliphatic rings. The van der Waals surface area contributed by atoms with Gasteiger partial charge in [0.15, 0.2) is 0 Å². The molecule has 1 atom stereocenters. The third-order valence-corrected chi connectivity index (χ3v) is 3.89. The van der Waals surface area contributed by atoms with Crippen LogP contribution >= 0.6 is 0 Å². The van der Waals surface area contributed by atoms with E-state index in [1.54, 1.807) is 12.1 Å². The first-order valence-electron chi connectivity index (χ1n) is 7.30. The molecule has 116 valence electrons. The normalized spacial score (nSPS) is 23.4. The Morgan fingerprint density at radius 3 is 2.76 bits per heavy atom. The number of piperidine rings is 1. The molecule has 1 unspecified atom stereocenters. The van der Waals surface area contributed by atoms with E-state index < -0.39 is 11.6 Å². The molecule has 5 heteroatoms. The number of hydrogen-bond acceptors (Lipinski definition) is 4. The maximum atomic E-state index is 11.3. The number of likely N-dealkylation sites (tertiary alicyclic amines) is 1. The first-order chi connectivity index (χ1) is 9.89. The van der Waals surface area contributed by atoms with Crippen LogP contribution in [0, 0.1) is 0 Å². The van der Waals surface area contributed by atoms with Crippen LogP contribution in [0.1, 0.15) is 28.8 Å². The van der Waals surface area contributed by atoms with Crippen LogP contribution in [0.4, 0.5) is 0 Å². The van der Waals surface area contributed by atoms with Crippen molar-refractivity contribution in [1.29, 1.82) is 0 Å². The Labute approximate surface area is 125 Å². The molecule has 0 radical (unpaired) electrons. The molecule has 5 nitrogen and oxygen atoms in total. The molecule has 2 N–H and O–H groups in total. The summed E-state index contributed by atoms with van der Waals surface area (Å²) in [6.07, 6.45) is 1.72. The fourth-order valence-corrected chi connectivity index (χ4v) is 3.17. The molecule has 0 amide bonds. The van der Waals surface area contributed by atoms with Gasteiger partial charge >= 0.3 is 5.97 Å². The fourth-order valence-electron chi connectivity index (χ4n) is 3.17. The van der Waals surface area contributed by atoms with Crippen molar-refractivity contribution in [3.05, 3.63) is 35.4 Å². The highest BCUT2D eigenvalue weighted by Gasteiger charge is 2.33. The van der Waals surface area contributed by atoms with Gasteiger partial charge in [0.05, 0.1) is 11.2 Å². The van der Waals surface area contributed by atoms with Gasteiger partial charge in [0.2, 0.25) is 0 Å². The van der Waals surface area contributed by atoms with Gasteiger partial charge in [0.1, 0.15) is 0 Å². The molecule has 1 aromatic rings. The second kappa shape index (κ2) is 6.56. The van der Waals surface area contributed by atoms with Crippen molar-refractivity contribution >= 4 is 5.97 Å². The number of nitrogens with zero attached hydrogens (tertiary/aromatic N) is 2. The fraction of sp³-hybridized carbons (Fsp3) is 0.562. The van der Waals surface area contributed by atoms with Crippen LogP contribution in [0.3, 0.4) is 0 Å². The second-order valence-electron chi connectivity index (χ2n) is 6.24. The third-order valence-electron chi connectivity index (χ3n) is 3.89. The standard InChI is InChI=1S/C16H24N2O3/c1-17(2)11-16(21)8-5-9-18(12-16)10-13-6-3-4-7-14(13)15(19)20/h3-4,6-7,21H,5,8-12H2,1-2H3,(H,19,20). The monoisotopic (exact) mass is 292 g/mol. The Balaban J connectivity index is 2.08. The summed E-state index contributed by atoms with van der Waals surface area (Å²) < 4.78 is 0. The number of hydrogen-bond donors (Lipinski definition) is 2. The molecular formula is C16H24N2O3. The Kier molecular flexibility index (Phi) is 4.98. The minimum atomic E-state index is -0.897. The molecule has 0 bridgehead atoms. The van der Waals surface area contributed by atoms with Gasteiger partial charge in [-0.05, 0) is 45.1 Å². The average molecular weight is 292 g/mol. The number of rotatable bonds is 5. The number of likely N-dealkylation sites (N-methyl/N-ethyl adjacent to an activating group) is 1. The summed E-state index contributed by atoms with van der Waals surface area (Å²) in [5, 5.41) is 19.9. The van der Waals surface area contributed by atoms with E-state index in [1.165, 1.54) is 0 Å². The zero-order valence-electron chi connectivity index (χ0n) is 12.7. The SMILES string of the molecule is CN(C)CC1(O)CCCN(Cc2ccccc2C(=O)O)C1. The van der Waals surface area contributed by atoms with E-state index in [9.17, 15) is 15.0 Å². The van der Waals surface area contributed by atoms with E-state index in [-0.39, 0.29) is 0 Å². The van der Waals surface area contributed by atoms with Gasteiger partial charge in [-0.25, -0.2) is 4.79 Å². The van der Waals surface area contributed by atoms with Crippen LogP contribution in [-0.2, 0) is 6.54 Å². The van der Waals surface area contributed by atoms with Crippen molar-refractivity contribution in [2.45, 2.75) is 25.0 Å². The van der Waals surface area contributed by atoms with Gasteiger partial charge in [-0.2, -0.15) is 0 Å². The van der Waals surface area contributed by atoms with E-state index in [2.05, 4.69) is 4.90 Å². The van der Waals surface area contributed by atoms with Crippen LogP contribution in [-0.4, -0.2) is 65.3 Å². The molecule has 0 saturated carbocycles. The molecule has 1 heterocycles. The van der Waals surface area contributed by atoms with Gasteiger partial charge < -0.3 is 15.1 Å². The average Bonchev–Trinajstić information content (AvgIpc) is 2.37. The summed E-state index contributed by atoms with van der Waals surface area (Å²) in [5.41, 5.74) is 0.443. The number of carboxylic acids is 1. The van der Waals surface area contributed by atoms with Crippen molar-refractivity contribution in [3.63, 3.8) is 0 Å². The van der Waals surface area contributed by atoms with E-state index in [0.29, 0.717) is 25.2 Å². The van der Waals surface area contributed by atoms with Crippen LogP contribution in [0.5, 0.6) is 0 Å². The third kappa shape index (κ3) is 4.27. The van der Waals surface area contributed by atoms with Gasteiger partial charge in [0, 0.05) is 19.6 Å². The van der Waals surface area contributed by atoms with Crippen LogP contribution in [0.15, 0.2) is 24.3 Å². The summed E-state index contributed by atoms with van der Waals surface area (Å²) >= 11 is 0. The van der Waals surface area contributed by atoms with Gasteiger partial charge in [-0.3, -0.25) is 4.90 Å². The number of β-amino-alcohol motifs (C(OH)–C–C–N with tert-alkyl or cyclic N) is 1. The lowest BCUT2D eigenvalue weighted by molar-refractivity contribution is -0.0480. The number of carboxylic acid groups (broad SMARTS) is 1. The first kappa shape index (κ1) is 15.9. The quantitative estimate of drug-likeness (QED) is 0.856. The zero-order chi connectivity index (χ0) is 15.5. The Morgan fingerprint density at radius 2 is 2.10 bits per heavy atom. The number of aromatic carboxylic acids is 1. The molecule has 0 spiro atoms. The van der Waals surface area contributed by atoms with Gasteiger partial charge in [-0.15, -0.1) is 0 Å². The maximum absolute atomic E-state index is 11.3. The smallest absolute Gasteiger partial charge is 0.336 e. The van der Waals surface area contributed by atoms with E-state index in [4.69, 9.17) is 0 Å². The summed E-state index contributed by atoms with van der Waals surface area (Å²) in [6, 6.07) is 7.08. The Morgan fingerprint density at radius 1 is 1.38 bits per heavy atom. The van der Waals surface area contributed by atoms with Crippen molar-refractivity contribution in [3.8, 4) is 0 Å². The summed E-state index contributed by atoms with van der Waals surface area (Å²) in [5.74, 6) is -0.897. The summed E-state index contributed by atoms with van der Waals surface area (Å²) in [6.45, 7) is 2.67. The highest BCUT2D eigenvalue weighted by molar-refractivity contribution is 5.89. The molecule has 2 rings (SSSR count). The number of carbonyl (C=O) groups is 1. The van der Waals surface area contributed by atoms with Crippen LogP contribution in [0.2, 0.25) is 0 Å². The van der Waals surface area contributed by atoms with Crippen molar-refractivity contribution in [2.75, 3.05) is 33.7 Å². The Hall–Kier alpha value is -1.43. The highest BCUT2D eigenvalue weighted by Crippen LogP contribution is 2.24. The molecular weight excluding hydrogens is 268 g/mol. The van der Waals surface area contributed by atoms with Crippen molar-refractivity contribution < 1.29 is 15.0 Å². The lowest BCUT2D eigenvalue weighted by atomic mass is 9.92. The predicted octanol–water partition coefficient (Wildman–Crippen LogP) is 1.27. The number of benzene rings is 1. The molecule has 1 saturated heterocycles. The molecule has 1 aromatic carbocycles. The maximum Gasteiger partial charge on any atom is 0.336 e. The van der Waals surface area contributed by atoms with Gasteiger partial charge in [0.25, 0.3) is 0 Å². The first-order valence-corrected chi connectivity index (χ1v) is 7.30. The molecule has 21 heavy (non-hydrogen) atoms. The molecule has 1 aliphatic heterocycles. The van der Waals surface area contributed by atoms with Crippen LogP contribution in [0.25, 0.3) is 0 Å². The Bertz CT molecular complexity index is 504.